The summed E-state index contributed by atoms with van der Waals surface area (Å²) in [6, 6.07) is 9.12. The number of carbonyl (C=O) groups excluding carboxylic acids is 2. The van der Waals surface area contributed by atoms with E-state index >= 15 is 0 Å². The number of esters is 1. The van der Waals surface area contributed by atoms with Crippen LogP contribution in [0.25, 0.3) is 0 Å². The summed E-state index contributed by atoms with van der Waals surface area (Å²) in [5.41, 5.74) is 7.92. The fourth-order valence-corrected chi connectivity index (χ4v) is 4.56. The van der Waals surface area contributed by atoms with E-state index in [0.29, 0.717) is 53.2 Å². The first-order chi connectivity index (χ1) is 16.8. The maximum Gasteiger partial charge on any atom is 0.340 e. The Morgan fingerprint density at radius 3 is 2.69 bits per heavy atom. The van der Waals surface area contributed by atoms with E-state index in [1.807, 2.05) is 0 Å². The van der Waals surface area contributed by atoms with E-state index in [1.165, 1.54) is 19.2 Å². The van der Waals surface area contributed by atoms with Crippen molar-refractivity contribution in [3.05, 3.63) is 81.2 Å². The van der Waals surface area contributed by atoms with Crippen LogP contribution in [0, 0.1) is 5.82 Å². The molecule has 4 rings (SSSR count). The normalized spacial score (nSPS) is 17.6. The van der Waals surface area contributed by atoms with Crippen LogP contribution in [0.3, 0.4) is 0 Å². The number of Topliss-reactive ketones (excluding diaryl/α,β-unsaturated/α-hetero) is 1. The Morgan fingerprint density at radius 1 is 1.20 bits per heavy atom. The van der Waals surface area contributed by atoms with Crippen LogP contribution in [0.15, 0.2) is 59.2 Å². The lowest BCUT2D eigenvalue weighted by molar-refractivity contribution is -0.139. The predicted molar refractivity (Wildman–Crippen MR) is 126 cm³/mol. The lowest BCUT2D eigenvalue weighted by atomic mass is 9.77. The molecule has 1 aliphatic carbocycles. The van der Waals surface area contributed by atoms with Gasteiger partial charge in [0.25, 0.3) is 0 Å². The number of rotatable bonds is 7. The Labute approximate surface area is 207 Å². The first-order valence-corrected chi connectivity index (χ1v) is 11.6. The van der Waals surface area contributed by atoms with Gasteiger partial charge in [-0.15, -0.1) is 0 Å². The molecule has 0 bridgehead atoms. The fraction of sp³-hybridized carbons (Fsp3) is 0.308. The molecule has 1 aliphatic heterocycles. The van der Waals surface area contributed by atoms with Gasteiger partial charge in [0, 0.05) is 24.0 Å². The molecule has 0 radical (unpaired) electrons. The van der Waals surface area contributed by atoms with Crippen molar-refractivity contribution in [2.24, 2.45) is 5.73 Å². The zero-order valence-electron chi connectivity index (χ0n) is 19.4. The van der Waals surface area contributed by atoms with Crippen molar-refractivity contribution in [2.45, 2.75) is 38.7 Å². The zero-order valence-corrected chi connectivity index (χ0v) is 20.1. The minimum absolute atomic E-state index is 0.0410. The number of hydrogen-bond donors (Lipinski definition) is 1. The molecule has 2 aromatic carbocycles. The first-order valence-electron chi connectivity index (χ1n) is 11.2. The standard InChI is InChI=1S/C26H25ClFNO6/c1-3-33-26(31)24-22(23-18(30)5-4-6-21(23)35-25(24)29)14-7-9-19(32-2)15(11-14)13-34-20-10-8-16(28)12-17(20)27/h7-12,22H,3-6,13,29H2,1-2H3. The van der Waals surface area contributed by atoms with Crippen LogP contribution >= 0.6 is 11.6 Å². The van der Waals surface area contributed by atoms with E-state index in [4.69, 9.17) is 36.3 Å². The van der Waals surface area contributed by atoms with Crippen molar-refractivity contribution >= 4 is 23.4 Å². The highest BCUT2D eigenvalue weighted by Crippen LogP contribution is 2.45. The number of nitrogens with two attached hydrogens (primary N) is 1. The van der Waals surface area contributed by atoms with Gasteiger partial charge in [-0.25, -0.2) is 9.18 Å². The number of halogens is 2. The number of methoxy groups -OCH3 is 1. The molecule has 0 fully saturated rings. The molecular weight excluding hydrogens is 477 g/mol. The molecule has 0 saturated heterocycles. The van der Waals surface area contributed by atoms with Crippen molar-refractivity contribution < 1.29 is 32.9 Å². The second kappa shape index (κ2) is 10.4. The van der Waals surface area contributed by atoms with Crippen LogP contribution in [-0.4, -0.2) is 25.5 Å². The molecule has 2 aromatic rings. The average Bonchev–Trinajstić information content (AvgIpc) is 2.82. The Morgan fingerprint density at radius 2 is 1.97 bits per heavy atom. The molecule has 7 nitrogen and oxygen atoms in total. The fourth-order valence-electron chi connectivity index (χ4n) is 4.34. The lowest BCUT2D eigenvalue weighted by Gasteiger charge is -2.32. The number of allylic oxidation sites excluding steroid dienone is 2. The van der Waals surface area contributed by atoms with Gasteiger partial charge in [-0.2, -0.15) is 0 Å². The summed E-state index contributed by atoms with van der Waals surface area (Å²) in [5.74, 6) is -0.752. The lowest BCUT2D eigenvalue weighted by Crippen LogP contribution is -2.31. The van der Waals surface area contributed by atoms with Gasteiger partial charge in [0.05, 0.1) is 24.7 Å². The molecule has 1 heterocycles. The number of carbonyl (C=O) groups is 2. The molecule has 2 N–H and O–H groups in total. The van der Waals surface area contributed by atoms with Crippen molar-refractivity contribution in [3.63, 3.8) is 0 Å². The van der Waals surface area contributed by atoms with E-state index in [9.17, 15) is 14.0 Å². The molecular formula is C26H25ClFNO6. The highest BCUT2D eigenvalue weighted by molar-refractivity contribution is 6.32. The monoisotopic (exact) mass is 501 g/mol. The molecule has 9 heteroatoms. The quantitative estimate of drug-likeness (QED) is 0.538. The van der Waals surface area contributed by atoms with Crippen LogP contribution in [-0.2, 0) is 25.7 Å². The van der Waals surface area contributed by atoms with Crippen LogP contribution in [0.2, 0.25) is 5.02 Å². The maximum atomic E-state index is 13.4. The van der Waals surface area contributed by atoms with Gasteiger partial charge in [0.1, 0.15) is 35.3 Å². The highest BCUT2D eigenvalue weighted by Gasteiger charge is 2.41. The molecule has 1 unspecified atom stereocenters. The summed E-state index contributed by atoms with van der Waals surface area (Å²) in [4.78, 5) is 25.9. The summed E-state index contributed by atoms with van der Waals surface area (Å²) in [5, 5.41) is 0.132. The summed E-state index contributed by atoms with van der Waals surface area (Å²) >= 11 is 6.09. The second-order valence-corrected chi connectivity index (χ2v) is 8.49. The Kier molecular flexibility index (Phi) is 7.31. The molecule has 2 aliphatic rings. The molecule has 0 saturated carbocycles. The molecule has 184 valence electrons. The van der Waals surface area contributed by atoms with E-state index in [1.54, 1.807) is 25.1 Å². The van der Waals surface area contributed by atoms with Crippen molar-refractivity contribution in [1.82, 2.24) is 0 Å². The van der Waals surface area contributed by atoms with E-state index < -0.39 is 17.7 Å². The predicted octanol–water partition coefficient (Wildman–Crippen LogP) is 4.92. The average molecular weight is 502 g/mol. The number of benzene rings is 2. The smallest absolute Gasteiger partial charge is 0.340 e. The van der Waals surface area contributed by atoms with Crippen LogP contribution in [0.4, 0.5) is 4.39 Å². The molecule has 1 atom stereocenters. The van der Waals surface area contributed by atoms with E-state index in [0.717, 1.165) is 6.07 Å². The van der Waals surface area contributed by atoms with Crippen molar-refractivity contribution in [1.29, 1.82) is 0 Å². The second-order valence-electron chi connectivity index (χ2n) is 8.08. The largest absolute Gasteiger partial charge is 0.496 e. The van der Waals surface area contributed by atoms with Gasteiger partial charge >= 0.3 is 5.97 Å². The summed E-state index contributed by atoms with van der Waals surface area (Å²) in [6.07, 6.45) is 1.54. The third-order valence-corrected chi connectivity index (χ3v) is 6.19. The van der Waals surface area contributed by atoms with Gasteiger partial charge < -0.3 is 24.7 Å². The molecule has 0 amide bonds. The van der Waals surface area contributed by atoms with E-state index in [-0.39, 0.29) is 35.5 Å². The van der Waals surface area contributed by atoms with Crippen LogP contribution in [0.1, 0.15) is 43.2 Å². The maximum absolute atomic E-state index is 13.4. The van der Waals surface area contributed by atoms with Gasteiger partial charge in [-0.05, 0) is 49.2 Å². The van der Waals surface area contributed by atoms with Crippen LogP contribution in [0.5, 0.6) is 11.5 Å². The van der Waals surface area contributed by atoms with Gasteiger partial charge in [-0.1, -0.05) is 17.7 Å². The van der Waals surface area contributed by atoms with E-state index in [2.05, 4.69) is 0 Å². The topological polar surface area (TPSA) is 97.1 Å². The number of ether oxygens (including phenoxy) is 4. The Balaban J connectivity index is 1.76. The van der Waals surface area contributed by atoms with Gasteiger partial charge in [-0.3, -0.25) is 4.79 Å². The third-order valence-electron chi connectivity index (χ3n) is 5.89. The number of hydrogen-bond acceptors (Lipinski definition) is 7. The first kappa shape index (κ1) is 24.6. The number of ketones is 1. The molecule has 0 spiro atoms. The molecule has 0 aromatic heterocycles. The van der Waals surface area contributed by atoms with Gasteiger partial charge in [0.15, 0.2) is 5.78 Å². The summed E-state index contributed by atoms with van der Waals surface area (Å²) in [6.45, 7) is 1.87. The summed E-state index contributed by atoms with van der Waals surface area (Å²) < 4.78 is 35.6. The minimum Gasteiger partial charge on any atom is -0.496 e. The van der Waals surface area contributed by atoms with Crippen molar-refractivity contribution in [2.75, 3.05) is 13.7 Å². The Hall–Kier alpha value is -3.52. The molecule has 35 heavy (non-hydrogen) atoms. The van der Waals surface area contributed by atoms with Gasteiger partial charge in [0.2, 0.25) is 5.88 Å². The van der Waals surface area contributed by atoms with Crippen LogP contribution < -0.4 is 15.2 Å². The highest BCUT2D eigenvalue weighted by atomic mass is 35.5. The van der Waals surface area contributed by atoms with Crippen molar-refractivity contribution in [3.8, 4) is 11.5 Å². The minimum atomic E-state index is -0.760. The third kappa shape index (κ3) is 4.98. The Bertz CT molecular complexity index is 1240. The SMILES string of the molecule is CCOC(=O)C1=C(N)OC2=C(C(=O)CCC2)C1c1ccc(OC)c(COc2ccc(F)cc2Cl)c1. The zero-order chi connectivity index (χ0) is 25.1. The summed E-state index contributed by atoms with van der Waals surface area (Å²) in [7, 11) is 1.52.